The average molecular weight is 325 g/mol. The molecule has 0 bridgehead atoms. The largest absolute Gasteiger partial charge is 0.372 e. The second-order valence-electron chi connectivity index (χ2n) is 5.68. The van der Waals surface area contributed by atoms with E-state index in [-0.39, 0.29) is 24.0 Å². The number of imide groups is 1. The van der Waals surface area contributed by atoms with Gasteiger partial charge in [-0.05, 0) is 12.1 Å². The van der Waals surface area contributed by atoms with E-state index in [1.165, 1.54) is 6.07 Å². The smallest absolute Gasteiger partial charge is 0.292 e. The van der Waals surface area contributed by atoms with Crippen molar-refractivity contribution in [3.63, 3.8) is 0 Å². The Labute approximate surface area is 138 Å². The van der Waals surface area contributed by atoms with Gasteiger partial charge in [0, 0.05) is 25.7 Å². The zero-order valence-electron chi connectivity index (χ0n) is 13.2. The number of carbonyl (C=O) groups is 2. The molecule has 1 aliphatic rings. The standard InChI is InChI=1S/C17H15N3O4/c1-18(2)15-11(6-5-9-14(15)20(23)24)10-19-16(21)12-7-3-4-8-13(12)17(19)22/h3-9H,10H2,1-2H3. The summed E-state index contributed by atoms with van der Waals surface area (Å²) in [6.45, 7) is -0.0124. The number of para-hydroxylation sites is 1. The number of hydrogen-bond donors (Lipinski definition) is 0. The zero-order valence-corrected chi connectivity index (χ0v) is 13.2. The maximum atomic E-state index is 12.5. The summed E-state index contributed by atoms with van der Waals surface area (Å²) in [6, 6.07) is 11.3. The van der Waals surface area contributed by atoms with Gasteiger partial charge in [0.1, 0.15) is 5.69 Å². The number of hydrogen-bond acceptors (Lipinski definition) is 5. The van der Waals surface area contributed by atoms with Crippen LogP contribution in [0, 0.1) is 10.1 Å². The fourth-order valence-electron chi connectivity index (χ4n) is 2.92. The van der Waals surface area contributed by atoms with Gasteiger partial charge in [-0.1, -0.05) is 24.3 Å². The maximum absolute atomic E-state index is 12.5. The third-order valence-electron chi connectivity index (χ3n) is 3.95. The minimum absolute atomic E-state index is 0.0124. The van der Waals surface area contributed by atoms with Gasteiger partial charge in [-0.2, -0.15) is 0 Å². The minimum atomic E-state index is -0.471. The van der Waals surface area contributed by atoms with Crippen LogP contribution in [-0.4, -0.2) is 35.7 Å². The van der Waals surface area contributed by atoms with Crippen molar-refractivity contribution in [2.24, 2.45) is 0 Å². The summed E-state index contributed by atoms with van der Waals surface area (Å²) < 4.78 is 0. The summed E-state index contributed by atoms with van der Waals surface area (Å²) in [4.78, 5) is 38.5. The van der Waals surface area contributed by atoms with E-state index in [4.69, 9.17) is 0 Å². The maximum Gasteiger partial charge on any atom is 0.292 e. The van der Waals surface area contributed by atoms with Crippen LogP contribution in [0.1, 0.15) is 26.3 Å². The lowest BCUT2D eigenvalue weighted by atomic mass is 10.1. The monoisotopic (exact) mass is 325 g/mol. The van der Waals surface area contributed by atoms with Crippen LogP contribution in [0.3, 0.4) is 0 Å². The highest BCUT2D eigenvalue weighted by atomic mass is 16.6. The third kappa shape index (κ3) is 2.40. The Morgan fingerprint density at radius 3 is 2.08 bits per heavy atom. The fraction of sp³-hybridized carbons (Fsp3) is 0.176. The van der Waals surface area contributed by atoms with Gasteiger partial charge in [-0.15, -0.1) is 0 Å². The van der Waals surface area contributed by atoms with Crippen molar-refractivity contribution >= 4 is 23.2 Å². The first-order valence-corrected chi connectivity index (χ1v) is 7.30. The summed E-state index contributed by atoms with van der Waals surface area (Å²) in [5.74, 6) is -0.765. The Balaban J connectivity index is 2.02. The molecule has 0 radical (unpaired) electrons. The van der Waals surface area contributed by atoms with E-state index in [1.807, 2.05) is 0 Å². The predicted octanol–water partition coefficient (Wildman–Crippen LogP) is 2.46. The normalized spacial score (nSPS) is 13.2. The van der Waals surface area contributed by atoms with Crippen LogP contribution >= 0.6 is 0 Å². The number of fused-ring (bicyclic) bond motifs is 1. The molecule has 24 heavy (non-hydrogen) atoms. The van der Waals surface area contributed by atoms with Crippen LogP contribution in [0.25, 0.3) is 0 Å². The number of nitro benzene ring substituents is 1. The predicted molar refractivity (Wildman–Crippen MR) is 88.1 cm³/mol. The van der Waals surface area contributed by atoms with Gasteiger partial charge >= 0.3 is 0 Å². The molecule has 0 saturated heterocycles. The van der Waals surface area contributed by atoms with Crippen molar-refractivity contribution in [2.75, 3.05) is 19.0 Å². The van der Waals surface area contributed by atoms with Crippen molar-refractivity contribution in [3.8, 4) is 0 Å². The fourth-order valence-corrected chi connectivity index (χ4v) is 2.92. The van der Waals surface area contributed by atoms with Gasteiger partial charge < -0.3 is 4.90 Å². The van der Waals surface area contributed by atoms with Gasteiger partial charge in [0.2, 0.25) is 0 Å². The van der Waals surface area contributed by atoms with Crippen LogP contribution in [0.2, 0.25) is 0 Å². The van der Waals surface area contributed by atoms with Crippen molar-refractivity contribution in [1.29, 1.82) is 0 Å². The highest BCUT2D eigenvalue weighted by molar-refractivity contribution is 6.21. The van der Waals surface area contributed by atoms with E-state index in [2.05, 4.69) is 0 Å². The third-order valence-corrected chi connectivity index (χ3v) is 3.95. The molecule has 0 aromatic heterocycles. The van der Waals surface area contributed by atoms with Crippen LogP contribution in [-0.2, 0) is 6.54 Å². The number of rotatable bonds is 4. The molecule has 1 aliphatic heterocycles. The number of benzene rings is 2. The molecule has 2 aromatic carbocycles. The molecule has 2 aromatic rings. The van der Waals surface area contributed by atoms with E-state index in [0.717, 1.165) is 4.90 Å². The summed E-state index contributed by atoms with van der Waals surface area (Å²) in [5, 5.41) is 11.3. The summed E-state index contributed by atoms with van der Waals surface area (Å²) >= 11 is 0. The molecule has 2 amide bonds. The Hall–Kier alpha value is -3.22. The van der Waals surface area contributed by atoms with Crippen molar-refractivity contribution in [1.82, 2.24) is 4.90 Å². The molecule has 7 heteroatoms. The summed E-state index contributed by atoms with van der Waals surface area (Å²) in [6.07, 6.45) is 0. The SMILES string of the molecule is CN(C)c1c(CN2C(=O)c3ccccc3C2=O)cccc1[N+](=O)[O-]. The Morgan fingerprint density at radius 1 is 1.00 bits per heavy atom. The molecule has 0 saturated carbocycles. The van der Waals surface area contributed by atoms with Crippen molar-refractivity contribution < 1.29 is 14.5 Å². The van der Waals surface area contributed by atoms with Crippen molar-refractivity contribution in [2.45, 2.75) is 6.54 Å². The number of nitro groups is 1. The molecule has 0 atom stereocenters. The molecule has 0 fully saturated rings. The van der Waals surface area contributed by atoms with E-state index in [9.17, 15) is 19.7 Å². The number of amides is 2. The zero-order chi connectivity index (χ0) is 17.4. The topological polar surface area (TPSA) is 83.8 Å². The van der Waals surface area contributed by atoms with Crippen molar-refractivity contribution in [3.05, 3.63) is 69.3 Å². The Kier molecular flexibility index (Phi) is 3.76. The lowest BCUT2D eigenvalue weighted by Crippen LogP contribution is -2.30. The molecule has 7 nitrogen and oxygen atoms in total. The highest BCUT2D eigenvalue weighted by Crippen LogP contribution is 2.33. The minimum Gasteiger partial charge on any atom is -0.372 e. The van der Waals surface area contributed by atoms with Gasteiger partial charge in [0.15, 0.2) is 0 Å². The summed E-state index contributed by atoms with van der Waals surface area (Å²) in [5.41, 5.74) is 1.59. The second-order valence-corrected chi connectivity index (χ2v) is 5.68. The molecule has 122 valence electrons. The van der Waals surface area contributed by atoms with Crippen LogP contribution < -0.4 is 4.90 Å². The summed E-state index contributed by atoms with van der Waals surface area (Å²) in [7, 11) is 3.38. The average Bonchev–Trinajstić information content (AvgIpc) is 2.80. The van der Waals surface area contributed by atoms with Gasteiger partial charge in [0.05, 0.1) is 22.6 Å². The van der Waals surface area contributed by atoms with E-state index < -0.39 is 4.92 Å². The lowest BCUT2D eigenvalue weighted by Gasteiger charge is -2.20. The van der Waals surface area contributed by atoms with E-state index in [0.29, 0.717) is 22.4 Å². The highest BCUT2D eigenvalue weighted by Gasteiger charge is 2.36. The number of nitrogens with zero attached hydrogens (tertiary/aromatic N) is 3. The van der Waals surface area contributed by atoms with E-state index in [1.54, 1.807) is 55.4 Å². The van der Waals surface area contributed by atoms with Crippen LogP contribution in [0.4, 0.5) is 11.4 Å². The first-order valence-electron chi connectivity index (χ1n) is 7.30. The van der Waals surface area contributed by atoms with Crippen LogP contribution in [0.15, 0.2) is 42.5 Å². The molecule has 0 unspecified atom stereocenters. The molecule has 0 N–H and O–H groups in total. The number of carbonyl (C=O) groups excluding carboxylic acids is 2. The molecule has 3 rings (SSSR count). The van der Waals surface area contributed by atoms with Crippen LogP contribution in [0.5, 0.6) is 0 Å². The van der Waals surface area contributed by atoms with E-state index >= 15 is 0 Å². The molecule has 0 spiro atoms. The first kappa shape index (κ1) is 15.7. The second kappa shape index (κ2) is 5.77. The Bertz CT molecular complexity index is 826. The number of anilines is 1. The van der Waals surface area contributed by atoms with Gasteiger partial charge in [-0.25, -0.2) is 0 Å². The molecular formula is C17H15N3O4. The van der Waals surface area contributed by atoms with Gasteiger partial charge in [-0.3, -0.25) is 24.6 Å². The lowest BCUT2D eigenvalue weighted by molar-refractivity contribution is -0.384. The van der Waals surface area contributed by atoms with Gasteiger partial charge in [0.25, 0.3) is 17.5 Å². The molecule has 1 heterocycles. The quantitative estimate of drug-likeness (QED) is 0.490. The Morgan fingerprint density at radius 2 is 1.58 bits per heavy atom. The first-order chi connectivity index (χ1) is 11.4. The molecule has 0 aliphatic carbocycles. The molecular weight excluding hydrogens is 310 g/mol.